The molecule has 1 aromatic carbocycles. The van der Waals surface area contributed by atoms with Crippen LogP contribution < -0.4 is 14.6 Å². The summed E-state index contributed by atoms with van der Waals surface area (Å²) in [4.78, 5) is 26.0. The molecule has 0 aliphatic carbocycles. The quantitative estimate of drug-likeness (QED) is 0.770. The van der Waals surface area contributed by atoms with Gasteiger partial charge in [-0.05, 0) is 18.2 Å². The number of thioether (sulfide) groups is 1. The molecule has 3 rings (SSSR count). The summed E-state index contributed by atoms with van der Waals surface area (Å²) in [6.45, 7) is 0.171. The van der Waals surface area contributed by atoms with E-state index in [0.717, 1.165) is 11.8 Å². The number of nitrogens with zero attached hydrogens (tertiary/aromatic N) is 1. The van der Waals surface area contributed by atoms with E-state index in [-0.39, 0.29) is 13.2 Å². The Morgan fingerprint density at radius 2 is 2.21 bits per heavy atom. The van der Waals surface area contributed by atoms with E-state index in [1.807, 2.05) is 0 Å². The van der Waals surface area contributed by atoms with Gasteiger partial charge in [0.05, 0.1) is 5.25 Å². The van der Waals surface area contributed by atoms with E-state index in [9.17, 15) is 14.7 Å². The smallest absolute Gasteiger partial charge is 0.260 e. The minimum atomic E-state index is -1.26. The molecule has 98 valence electrons. The fraction of sp³-hybridized carbons (Fsp3) is 0.250. The Bertz CT molecular complexity index is 598. The van der Waals surface area contributed by atoms with Crippen LogP contribution in [0.25, 0.3) is 0 Å². The number of ether oxygens (including phenoxy) is 2. The number of benzene rings is 1. The monoisotopic (exact) mass is 278 g/mol. The second-order valence-corrected chi connectivity index (χ2v) is 5.20. The molecule has 19 heavy (non-hydrogen) atoms. The van der Waals surface area contributed by atoms with E-state index < -0.39 is 17.1 Å². The van der Waals surface area contributed by atoms with Crippen LogP contribution in [-0.4, -0.2) is 29.0 Å². The van der Waals surface area contributed by atoms with Crippen molar-refractivity contribution in [3.05, 3.63) is 23.8 Å². The number of carboxylic acids is 1. The summed E-state index contributed by atoms with van der Waals surface area (Å²) in [6.07, 6.45) is -0.332. The number of fused-ring (bicyclic) bond motifs is 1. The van der Waals surface area contributed by atoms with Gasteiger partial charge in [-0.1, -0.05) is 11.8 Å². The summed E-state index contributed by atoms with van der Waals surface area (Å²) in [5.41, 5.74) is 0.712. The second-order valence-electron chi connectivity index (χ2n) is 4.01. The van der Waals surface area contributed by atoms with Gasteiger partial charge in [-0.15, -0.1) is 0 Å². The van der Waals surface area contributed by atoms with Crippen LogP contribution in [0, 0.1) is 0 Å². The molecule has 1 aromatic rings. The zero-order chi connectivity index (χ0) is 13.4. The summed E-state index contributed by atoms with van der Waals surface area (Å²) >= 11 is 1.13. The molecule has 1 amide bonds. The lowest BCUT2D eigenvalue weighted by molar-refractivity contribution is -0.305. The van der Waals surface area contributed by atoms with Crippen LogP contribution in [0.4, 0.5) is 0 Å². The van der Waals surface area contributed by atoms with Gasteiger partial charge in [-0.3, -0.25) is 4.79 Å². The van der Waals surface area contributed by atoms with Crippen molar-refractivity contribution < 1.29 is 24.2 Å². The van der Waals surface area contributed by atoms with Crippen molar-refractivity contribution in [3.8, 4) is 11.5 Å². The van der Waals surface area contributed by atoms with Crippen molar-refractivity contribution in [2.24, 2.45) is 4.99 Å². The largest absolute Gasteiger partial charge is 0.550 e. The first-order chi connectivity index (χ1) is 9.13. The molecular formula is C12H8NO5S-. The predicted octanol–water partition coefficient (Wildman–Crippen LogP) is -0.0561. The molecule has 0 fully saturated rings. The highest BCUT2D eigenvalue weighted by Crippen LogP contribution is 2.36. The van der Waals surface area contributed by atoms with E-state index in [2.05, 4.69) is 4.99 Å². The van der Waals surface area contributed by atoms with Gasteiger partial charge in [0.1, 0.15) is 5.04 Å². The lowest BCUT2D eigenvalue weighted by atomic mass is 10.2. The predicted molar refractivity (Wildman–Crippen MR) is 65.1 cm³/mol. The van der Waals surface area contributed by atoms with Crippen LogP contribution in [0.2, 0.25) is 0 Å². The SMILES string of the molecule is O=C([O-])C[C@@H]1SC(c2ccc3c(c2)OCO3)=NC1=O. The normalized spacial score (nSPS) is 20.5. The molecular weight excluding hydrogens is 270 g/mol. The van der Waals surface area contributed by atoms with Crippen LogP contribution in [0.5, 0.6) is 11.5 Å². The molecule has 2 aliphatic rings. The molecule has 6 nitrogen and oxygen atoms in total. The van der Waals surface area contributed by atoms with E-state index in [0.29, 0.717) is 22.1 Å². The number of carboxylic acid groups (broad SMARTS) is 1. The molecule has 0 saturated carbocycles. The topological polar surface area (TPSA) is 88.0 Å². The number of amides is 1. The average Bonchev–Trinajstić information content (AvgIpc) is 2.95. The number of hydrogen-bond acceptors (Lipinski definition) is 6. The summed E-state index contributed by atoms with van der Waals surface area (Å²) in [6, 6.07) is 5.22. The summed E-state index contributed by atoms with van der Waals surface area (Å²) in [5, 5.41) is 10.3. The Morgan fingerprint density at radius 3 is 3.00 bits per heavy atom. The molecule has 0 N–H and O–H groups in total. The van der Waals surface area contributed by atoms with Gasteiger partial charge < -0.3 is 19.4 Å². The highest BCUT2D eigenvalue weighted by Gasteiger charge is 2.29. The minimum absolute atomic E-state index is 0.171. The van der Waals surface area contributed by atoms with Gasteiger partial charge >= 0.3 is 0 Å². The Hall–Kier alpha value is -2.02. The maximum absolute atomic E-state index is 11.6. The molecule has 0 bridgehead atoms. The zero-order valence-corrected chi connectivity index (χ0v) is 10.4. The van der Waals surface area contributed by atoms with Crippen molar-refractivity contribution >= 4 is 28.7 Å². The molecule has 1 atom stereocenters. The number of aliphatic imine (C=N–C) groups is 1. The Balaban J connectivity index is 1.82. The summed E-state index contributed by atoms with van der Waals surface area (Å²) < 4.78 is 10.4. The van der Waals surface area contributed by atoms with E-state index in [1.54, 1.807) is 18.2 Å². The van der Waals surface area contributed by atoms with Crippen molar-refractivity contribution in [2.45, 2.75) is 11.7 Å². The molecule has 0 radical (unpaired) electrons. The van der Waals surface area contributed by atoms with E-state index in [4.69, 9.17) is 9.47 Å². The van der Waals surface area contributed by atoms with Crippen LogP contribution in [0.3, 0.4) is 0 Å². The molecule has 2 heterocycles. The fourth-order valence-corrected chi connectivity index (χ4v) is 2.87. The standard InChI is InChI=1S/C12H9NO5S/c14-10(15)4-9-11(16)13-12(19-9)6-1-2-7-8(3-6)18-5-17-7/h1-3,9H,4-5H2,(H,14,15)/p-1/t9-/m0/s1. The van der Waals surface area contributed by atoms with Gasteiger partial charge in [-0.2, -0.15) is 0 Å². The van der Waals surface area contributed by atoms with Crippen molar-refractivity contribution in [3.63, 3.8) is 0 Å². The second kappa shape index (κ2) is 4.58. The lowest BCUT2D eigenvalue weighted by Gasteiger charge is -2.07. The molecule has 0 aromatic heterocycles. The third kappa shape index (κ3) is 2.28. The molecule has 0 unspecified atom stereocenters. The van der Waals surface area contributed by atoms with Crippen LogP contribution in [0.15, 0.2) is 23.2 Å². The van der Waals surface area contributed by atoms with Crippen LogP contribution >= 0.6 is 11.8 Å². The number of aliphatic carboxylic acids is 1. The highest BCUT2D eigenvalue weighted by atomic mass is 32.2. The highest BCUT2D eigenvalue weighted by molar-refractivity contribution is 8.16. The minimum Gasteiger partial charge on any atom is -0.550 e. The van der Waals surface area contributed by atoms with Crippen LogP contribution in [-0.2, 0) is 9.59 Å². The number of carbonyl (C=O) groups is 2. The maximum Gasteiger partial charge on any atom is 0.260 e. The molecule has 2 aliphatic heterocycles. The number of rotatable bonds is 3. The molecule has 0 spiro atoms. The van der Waals surface area contributed by atoms with Crippen molar-refractivity contribution in [2.75, 3.05) is 6.79 Å². The Labute approximate surface area is 112 Å². The number of carbonyl (C=O) groups excluding carboxylic acids is 2. The Kier molecular flexibility index (Phi) is 2.90. The fourth-order valence-electron chi connectivity index (χ4n) is 1.83. The first-order valence-corrected chi connectivity index (χ1v) is 6.40. The Morgan fingerprint density at radius 1 is 1.42 bits per heavy atom. The third-order valence-electron chi connectivity index (χ3n) is 2.71. The maximum atomic E-state index is 11.6. The number of hydrogen-bond donors (Lipinski definition) is 0. The van der Waals surface area contributed by atoms with Gasteiger partial charge in [-0.25, -0.2) is 4.99 Å². The van der Waals surface area contributed by atoms with Gasteiger partial charge in [0.15, 0.2) is 11.5 Å². The molecule has 0 saturated heterocycles. The summed E-state index contributed by atoms with van der Waals surface area (Å²) in [5.74, 6) is -0.462. The first kappa shape index (κ1) is 12.0. The van der Waals surface area contributed by atoms with E-state index in [1.165, 1.54) is 0 Å². The van der Waals surface area contributed by atoms with Gasteiger partial charge in [0.25, 0.3) is 5.91 Å². The van der Waals surface area contributed by atoms with E-state index >= 15 is 0 Å². The van der Waals surface area contributed by atoms with Gasteiger partial charge in [0.2, 0.25) is 6.79 Å². The van der Waals surface area contributed by atoms with Crippen molar-refractivity contribution in [1.82, 2.24) is 0 Å². The summed E-state index contributed by atoms with van der Waals surface area (Å²) in [7, 11) is 0. The third-order valence-corrected chi connectivity index (χ3v) is 3.92. The average molecular weight is 278 g/mol. The zero-order valence-electron chi connectivity index (χ0n) is 9.62. The van der Waals surface area contributed by atoms with Crippen LogP contribution in [0.1, 0.15) is 12.0 Å². The van der Waals surface area contributed by atoms with Gasteiger partial charge in [0, 0.05) is 18.0 Å². The van der Waals surface area contributed by atoms with Crippen molar-refractivity contribution in [1.29, 1.82) is 0 Å². The first-order valence-electron chi connectivity index (χ1n) is 5.52. The lowest BCUT2D eigenvalue weighted by Crippen LogP contribution is -2.28. The molecule has 7 heteroatoms.